The first-order valence-electron chi connectivity index (χ1n) is 25.3. The summed E-state index contributed by atoms with van der Waals surface area (Å²) in [5.41, 5.74) is 28.7. The van der Waals surface area contributed by atoms with E-state index < -0.39 is 0 Å². The third kappa shape index (κ3) is 6.38. The summed E-state index contributed by atoms with van der Waals surface area (Å²) in [5.74, 6) is 0. The molecule has 69 heavy (non-hydrogen) atoms. The van der Waals surface area contributed by atoms with E-state index in [0.29, 0.717) is 0 Å². The predicted octanol–water partition coefficient (Wildman–Crippen LogP) is 15.9. The summed E-state index contributed by atoms with van der Waals surface area (Å²) in [4.78, 5) is 5.24. The number of fused-ring (bicyclic) bond motifs is 10. The monoisotopic (exact) mass is 897 g/mol. The molecule has 12 rings (SSSR count). The minimum Gasteiger partial charge on any atom is -0.311 e. The average molecular weight is 897 g/mol. The molecule has 0 saturated carbocycles. The zero-order chi connectivity index (χ0) is 48.3. The van der Waals surface area contributed by atoms with Gasteiger partial charge in [-0.3, -0.25) is 0 Å². The van der Waals surface area contributed by atoms with Gasteiger partial charge in [-0.2, -0.15) is 0 Å². The second-order valence-corrected chi connectivity index (χ2v) is 24.7. The van der Waals surface area contributed by atoms with E-state index in [0.717, 1.165) is 0 Å². The zero-order valence-electron chi connectivity index (χ0n) is 43.0. The molecule has 0 N–H and O–H groups in total. The van der Waals surface area contributed by atoms with Gasteiger partial charge < -0.3 is 9.80 Å². The molecule has 2 nitrogen and oxygen atoms in total. The largest absolute Gasteiger partial charge is 0.311 e. The number of rotatable bonds is 3. The zero-order valence-corrected chi connectivity index (χ0v) is 43.0. The molecule has 0 amide bonds. The van der Waals surface area contributed by atoms with Gasteiger partial charge in [0.25, 0.3) is 6.71 Å². The Bertz CT molecular complexity index is 3450. The Labute approximate surface area is 412 Å². The molecule has 0 spiro atoms. The summed E-state index contributed by atoms with van der Waals surface area (Å²) in [6.07, 6.45) is 0. The lowest BCUT2D eigenvalue weighted by atomic mass is 9.33. The Balaban J connectivity index is 1.11. The number of nitrogens with zero attached hydrogens (tertiary/aromatic N) is 2. The van der Waals surface area contributed by atoms with Crippen LogP contribution in [0.15, 0.2) is 158 Å². The summed E-state index contributed by atoms with van der Waals surface area (Å²) in [7, 11) is 0. The van der Waals surface area contributed by atoms with Crippen molar-refractivity contribution >= 4 is 57.2 Å². The van der Waals surface area contributed by atoms with E-state index in [4.69, 9.17) is 0 Å². The van der Waals surface area contributed by atoms with E-state index in [-0.39, 0.29) is 33.8 Å². The second-order valence-electron chi connectivity index (χ2n) is 24.7. The SMILES string of the molecule is CC(C)(C)c1ccc2c(c1)B1c3ccc(C(C)(C)C)cc3N(c3ccc4c(c3)C(C)(C)c3ccccc3-4)c3cc(C(C)(C)C)cc(c31)N2c1ccc(-c2cccc3c2-c2ccccc2C3(C)C)cc1. The van der Waals surface area contributed by atoms with Crippen molar-refractivity contribution in [3.8, 4) is 33.4 Å². The van der Waals surface area contributed by atoms with Crippen molar-refractivity contribution in [1.29, 1.82) is 0 Å². The molecule has 342 valence electrons. The minimum atomic E-state index is -0.131. The van der Waals surface area contributed by atoms with Crippen LogP contribution in [0.1, 0.15) is 129 Å². The smallest absolute Gasteiger partial charge is 0.252 e. The van der Waals surface area contributed by atoms with Crippen molar-refractivity contribution in [3.05, 3.63) is 197 Å². The molecule has 2 aliphatic heterocycles. The summed E-state index contributed by atoms with van der Waals surface area (Å²) >= 11 is 0. The van der Waals surface area contributed by atoms with Crippen LogP contribution in [0.2, 0.25) is 0 Å². The van der Waals surface area contributed by atoms with E-state index >= 15 is 0 Å². The highest BCUT2D eigenvalue weighted by molar-refractivity contribution is 7.00. The summed E-state index contributed by atoms with van der Waals surface area (Å²) in [6, 6.07) is 61.6. The highest BCUT2D eigenvalue weighted by Crippen LogP contribution is 2.54. The van der Waals surface area contributed by atoms with Gasteiger partial charge in [0.1, 0.15) is 0 Å². The van der Waals surface area contributed by atoms with Crippen LogP contribution in [0.3, 0.4) is 0 Å². The lowest BCUT2D eigenvalue weighted by Gasteiger charge is -2.46. The van der Waals surface area contributed by atoms with E-state index in [1.165, 1.54) is 123 Å². The first-order chi connectivity index (χ1) is 32.6. The van der Waals surface area contributed by atoms with Crippen LogP contribution >= 0.6 is 0 Å². The van der Waals surface area contributed by atoms with Crippen molar-refractivity contribution in [2.24, 2.45) is 0 Å². The summed E-state index contributed by atoms with van der Waals surface area (Å²) in [5, 5.41) is 0. The fourth-order valence-electron chi connectivity index (χ4n) is 12.5. The van der Waals surface area contributed by atoms with E-state index in [1.807, 2.05) is 0 Å². The van der Waals surface area contributed by atoms with Gasteiger partial charge in [0.2, 0.25) is 0 Å². The second kappa shape index (κ2) is 14.5. The third-order valence-electron chi connectivity index (χ3n) is 16.5. The molecule has 0 radical (unpaired) electrons. The first-order valence-corrected chi connectivity index (χ1v) is 25.3. The first kappa shape index (κ1) is 43.7. The normalized spacial score (nSPS) is 15.8. The maximum atomic E-state index is 2.64. The fraction of sp³-hybridized carbons (Fsp3) is 0.273. The van der Waals surface area contributed by atoms with Crippen LogP contribution in [0, 0.1) is 0 Å². The number of hydrogen-bond donors (Lipinski definition) is 0. The Morgan fingerprint density at radius 1 is 0.362 bits per heavy atom. The summed E-state index contributed by atoms with van der Waals surface area (Å²) < 4.78 is 0. The van der Waals surface area contributed by atoms with Crippen LogP contribution in [0.5, 0.6) is 0 Å². The highest BCUT2D eigenvalue weighted by atomic mass is 15.2. The molecule has 2 heterocycles. The van der Waals surface area contributed by atoms with E-state index in [1.54, 1.807) is 0 Å². The molecule has 8 aromatic rings. The van der Waals surface area contributed by atoms with Gasteiger partial charge in [0, 0.05) is 45.0 Å². The van der Waals surface area contributed by atoms with Gasteiger partial charge in [-0.25, -0.2) is 0 Å². The van der Waals surface area contributed by atoms with Crippen molar-refractivity contribution < 1.29 is 0 Å². The Hall–Kier alpha value is -6.58. The van der Waals surface area contributed by atoms with Crippen LogP contribution < -0.4 is 26.2 Å². The van der Waals surface area contributed by atoms with Crippen LogP contribution in [-0.4, -0.2) is 6.71 Å². The highest BCUT2D eigenvalue weighted by Gasteiger charge is 2.46. The Morgan fingerprint density at radius 3 is 1.54 bits per heavy atom. The van der Waals surface area contributed by atoms with Gasteiger partial charge in [0.05, 0.1) is 0 Å². The van der Waals surface area contributed by atoms with Crippen molar-refractivity contribution in [3.63, 3.8) is 0 Å². The van der Waals surface area contributed by atoms with Crippen LogP contribution in [-0.2, 0) is 27.1 Å². The molecule has 0 fully saturated rings. The molecule has 0 atom stereocenters. The summed E-state index contributed by atoms with van der Waals surface area (Å²) in [6.45, 7) is 30.8. The van der Waals surface area contributed by atoms with Gasteiger partial charge in [-0.1, -0.05) is 199 Å². The maximum Gasteiger partial charge on any atom is 0.252 e. The topological polar surface area (TPSA) is 6.48 Å². The average Bonchev–Trinajstić information content (AvgIpc) is 3.69. The van der Waals surface area contributed by atoms with Gasteiger partial charge in [0.15, 0.2) is 0 Å². The van der Waals surface area contributed by atoms with Gasteiger partial charge in [-0.05, 0) is 153 Å². The lowest BCUT2D eigenvalue weighted by Crippen LogP contribution is -2.61. The Kier molecular flexibility index (Phi) is 9.17. The van der Waals surface area contributed by atoms with Gasteiger partial charge in [-0.15, -0.1) is 0 Å². The molecule has 0 unspecified atom stereocenters. The Morgan fingerprint density at radius 2 is 0.870 bits per heavy atom. The van der Waals surface area contributed by atoms with Crippen LogP contribution in [0.4, 0.5) is 34.1 Å². The number of benzene rings is 8. The van der Waals surface area contributed by atoms with Crippen molar-refractivity contribution in [1.82, 2.24) is 0 Å². The number of hydrogen-bond acceptors (Lipinski definition) is 2. The third-order valence-corrected chi connectivity index (χ3v) is 16.5. The van der Waals surface area contributed by atoms with E-state index in [2.05, 4.69) is 258 Å². The molecular weight excluding hydrogens is 832 g/mol. The molecular formula is C66H65BN2. The minimum absolute atomic E-state index is 0.0295. The van der Waals surface area contributed by atoms with Gasteiger partial charge >= 0.3 is 0 Å². The molecule has 4 aliphatic rings. The molecule has 2 aliphatic carbocycles. The molecule has 0 saturated heterocycles. The molecule has 3 heteroatoms. The fourth-order valence-corrected chi connectivity index (χ4v) is 12.5. The lowest BCUT2D eigenvalue weighted by molar-refractivity contribution is 0.589. The van der Waals surface area contributed by atoms with Crippen molar-refractivity contribution in [2.45, 2.75) is 117 Å². The predicted molar refractivity (Wildman–Crippen MR) is 297 cm³/mol. The molecule has 0 bridgehead atoms. The standard InChI is InChI=1S/C66H65BN2/c1-62(2,3)41-28-34-56-55(35-41)67-54-33-27-42(63(4,5)6)36-57(54)69(45-31-32-48-47-19-14-16-22-50(47)66(12,13)53(48)39-45)59-38-43(64(7,8)9)37-58(61(59)67)68(56)44-29-25-40(26-30-44)46-21-18-24-52-60(46)49-20-15-17-23-51(49)65(52,10)11/h14-39H,1-13H3. The quantitative estimate of drug-likeness (QED) is 0.163. The molecule has 8 aromatic carbocycles. The van der Waals surface area contributed by atoms with Crippen molar-refractivity contribution in [2.75, 3.05) is 9.80 Å². The maximum absolute atomic E-state index is 2.64. The molecule has 0 aromatic heterocycles. The van der Waals surface area contributed by atoms with E-state index in [9.17, 15) is 0 Å². The van der Waals surface area contributed by atoms with Crippen LogP contribution in [0.25, 0.3) is 33.4 Å². The number of anilines is 6.